The van der Waals surface area contributed by atoms with Crippen LogP contribution >= 0.6 is 0 Å². The van der Waals surface area contributed by atoms with E-state index in [0.29, 0.717) is 19.8 Å². The fourth-order valence-electron chi connectivity index (χ4n) is 3.92. The van der Waals surface area contributed by atoms with Gasteiger partial charge in [0, 0.05) is 36.6 Å². The molecule has 0 aliphatic carbocycles. The van der Waals surface area contributed by atoms with Crippen LogP contribution in [0.3, 0.4) is 0 Å². The highest BCUT2D eigenvalue weighted by Gasteiger charge is 2.34. The van der Waals surface area contributed by atoms with Gasteiger partial charge in [-0.15, -0.1) is 0 Å². The minimum absolute atomic E-state index is 0.216. The molecule has 182 valence electrons. The summed E-state index contributed by atoms with van der Waals surface area (Å²) in [6.45, 7) is 3.12. The third-order valence-corrected chi connectivity index (χ3v) is 5.64. The van der Waals surface area contributed by atoms with Crippen molar-refractivity contribution in [1.29, 1.82) is 0 Å². The number of halogens is 3. The first kappa shape index (κ1) is 24.3. The highest BCUT2D eigenvalue weighted by Crippen LogP contribution is 2.32. The van der Waals surface area contributed by atoms with Gasteiger partial charge in [0.1, 0.15) is 0 Å². The van der Waals surface area contributed by atoms with Crippen LogP contribution in [0.4, 0.5) is 24.5 Å². The number of hydrogen-bond donors (Lipinski definition) is 2. The maximum absolute atomic E-state index is 13.2. The van der Waals surface area contributed by atoms with Gasteiger partial charge in [0.25, 0.3) is 11.8 Å². The standard InChI is InChI=1S/C26H24F3N3O3/c27-26(28,29)22-10-3-2-9-21(22)25(34)31-20-8-5-7-18(16-20)24(33)30-17-19-6-1-4-11-23(19)32-12-14-35-15-13-32/h1-11,16H,12-15,17H2,(H,30,33)(H,31,34). The Morgan fingerprint density at radius 2 is 1.60 bits per heavy atom. The Balaban J connectivity index is 1.44. The normalized spacial score (nSPS) is 13.9. The van der Waals surface area contributed by atoms with E-state index in [1.54, 1.807) is 12.1 Å². The molecular weight excluding hydrogens is 459 g/mol. The van der Waals surface area contributed by atoms with Crippen molar-refractivity contribution in [3.63, 3.8) is 0 Å². The number of morpholine rings is 1. The van der Waals surface area contributed by atoms with Gasteiger partial charge in [-0.05, 0) is 42.0 Å². The number of hydrogen-bond acceptors (Lipinski definition) is 4. The predicted octanol–water partition coefficient (Wildman–Crippen LogP) is 4.72. The summed E-state index contributed by atoms with van der Waals surface area (Å²) in [6.07, 6.45) is -4.66. The average Bonchev–Trinajstić information content (AvgIpc) is 2.87. The second-order valence-electron chi connectivity index (χ2n) is 7.99. The molecule has 1 saturated heterocycles. The number of anilines is 2. The van der Waals surface area contributed by atoms with Crippen LogP contribution in [0.15, 0.2) is 72.8 Å². The summed E-state index contributed by atoms with van der Waals surface area (Å²) < 4.78 is 45.2. The summed E-state index contributed by atoms with van der Waals surface area (Å²) in [7, 11) is 0. The average molecular weight is 483 g/mol. The molecule has 1 heterocycles. The van der Waals surface area contributed by atoms with Crippen molar-refractivity contribution < 1.29 is 27.5 Å². The lowest BCUT2D eigenvalue weighted by molar-refractivity contribution is -0.137. The molecule has 3 aromatic rings. The number of amides is 2. The Morgan fingerprint density at radius 3 is 2.37 bits per heavy atom. The maximum atomic E-state index is 13.2. The van der Waals surface area contributed by atoms with Crippen molar-refractivity contribution in [1.82, 2.24) is 5.32 Å². The third kappa shape index (κ3) is 5.99. The largest absolute Gasteiger partial charge is 0.417 e. The summed E-state index contributed by atoms with van der Waals surface area (Å²) in [5.74, 6) is -1.27. The van der Waals surface area contributed by atoms with Crippen molar-refractivity contribution >= 4 is 23.2 Å². The number of carbonyl (C=O) groups is 2. The number of ether oxygens (including phenoxy) is 1. The summed E-state index contributed by atoms with van der Waals surface area (Å²) in [4.78, 5) is 27.5. The number of alkyl halides is 3. The van der Waals surface area contributed by atoms with Crippen LogP contribution in [0.1, 0.15) is 31.8 Å². The molecule has 0 bridgehead atoms. The van der Waals surface area contributed by atoms with Gasteiger partial charge < -0.3 is 20.3 Å². The summed E-state index contributed by atoms with van der Waals surface area (Å²) in [5, 5.41) is 5.33. The van der Waals surface area contributed by atoms with E-state index in [2.05, 4.69) is 15.5 Å². The highest BCUT2D eigenvalue weighted by molar-refractivity contribution is 6.06. The van der Waals surface area contributed by atoms with Crippen molar-refractivity contribution in [3.05, 3.63) is 95.1 Å². The Labute approximate surface area is 200 Å². The van der Waals surface area contributed by atoms with E-state index in [0.717, 1.165) is 36.5 Å². The molecule has 2 amide bonds. The van der Waals surface area contributed by atoms with Crippen LogP contribution in [-0.2, 0) is 17.5 Å². The number of nitrogens with zero attached hydrogens (tertiary/aromatic N) is 1. The zero-order valence-corrected chi connectivity index (χ0v) is 18.8. The van der Waals surface area contributed by atoms with E-state index < -0.39 is 23.2 Å². The quantitative estimate of drug-likeness (QED) is 0.532. The number of carbonyl (C=O) groups excluding carboxylic acids is 2. The lowest BCUT2D eigenvalue weighted by Gasteiger charge is -2.30. The number of nitrogens with one attached hydrogen (secondary N) is 2. The van der Waals surface area contributed by atoms with Gasteiger partial charge in [0.05, 0.1) is 24.3 Å². The zero-order valence-electron chi connectivity index (χ0n) is 18.8. The number of rotatable bonds is 6. The molecule has 2 N–H and O–H groups in total. The number of para-hydroxylation sites is 1. The molecule has 0 radical (unpaired) electrons. The second kappa shape index (κ2) is 10.6. The third-order valence-electron chi connectivity index (χ3n) is 5.64. The van der Waals surface area contributed by atoms with Gasteiger partial charge in [-0.1, -0.05) is 36.4 Å². The highest BCUT2D eigenvalue weighted by atomic mass is 19.4. The lowest BCUT2D eigenvalue weighted by atomic mass is 10.1. The Bertz CT molecular complexity index is 1210. The summed E-state index contributed by atoms with van der Waals surface area (Å²) >= 11 is 0. The van der Waals surface area contributed by atoms with Crippen molar-refractivity contribution in [2.75, 3.05) is 36.5 Å². The molecule has 1 aliphatic heterocycles. The Kier molecular flexibility index (Phi) is 7.36. The molecule has 4 rings (SSSR count). The first-order chi connectivity index (χ1) is 16.8. The van der Waals surface area contributed by atoms with E-state index in [-0.39, 0.29) is 17.2 Å². The van der Waals surface area contributed by atoms with Gasteiger partial charge in [-0.2, -0.15) is 13.2 Å². The zero-order chi connectivity index (χ0) is 24.8. The van der Waals surface area contributed by atoms with Crippen LogP contribution in [-0.4, -0.2) is 38.1 Å². The minimum Gasteiger partial charge on any atom is -0.378 e. The van der Waals surface area contributed by atoms with Crippen molar-refractivity contribution in [2.45, 2.75) is 12.7 Å². The molecule has 0 atom stereocenters. The van der Waals surface area contributed by atoms with E-state index in [9.17, 15) is 22.8 Å². The van der Waals surface area contributed by atoms with Crippen LogP contribution < -0.4 is 15.5 Å². The van der Waals surface area contributed by atoms with E-state index >= 15 is 0 Å². The molecular formula is C26H24F3N3O3. The smallest absolute Gasteiger partial charge is 0.378 e. The van der Waals surface area contributed by atoms with Crippen LogP contribution in [0.2, 0.25) is 0 Å². The van der Waals surface area contributed by atoms with Gasteiger partial charge in [0.15, 0.2) is 0 Å². The summed E-state index contributed by atoms with van der Waals surface area (Å²) in [6, 6.07) is 18.4. The Hall–Kier alpha value is -3.85. The van der Waals surface area contributed by atoms with E-state index in [1.807, 2.05) is 24.3 Å². The molecule has 0 unspecified atom stereocenters. The summed E-state index contributed by atoms with van der Waals surface area (Å²) in [5.41, 5.74) is 0.959. The monoisotopic (exact) mass is 483 g/mol. The molecule has 3 aromatic carbocycles. The predicted molar refractivity (Wildman–Crippen MR) is 126 cm³/mol. The second-order valence-corrected chi connectivity index (χ2v) is 7.99. The molecule has 0 aromatic heterocycles. The van der Waals surface area contributed by atoms with Crippen molar-refractivity contribution in [3.8, 4) is 0 Å². The van der Waals surface area contributed by atoms with E-state index in [4.69, 9.17) is 4.74 Å². The topological polar surface area (TPSA) is 70.7 Å². The lowest BCUT2D eigenvalue weighted by Crippen LogP contribution is -2.37. The SMILES string of the molecule is O=C(NCc1ccccc1N1CCOCC1)c1cccc(NC(=O)c2ccccc2C(F)(F)F)c1. The minimum atomic E-state index is -4.66. The first-order valence-corrected chi connectivity index (χ1v) is 11.1. The van der Waals surface area contributed by atoms with Gasteiger partial charge in [0.2, 0.25) is 0 Å². The molecule has 0 saturated carbocycles. The number of benzene rings is 3. The van der Waals surface area contributed by atoms with Gasteiger partial charge >= 0.3 is 6.18 Å². The molecule has 9 heteroatoms. The Morgan fingerprint density at radius 1 is 0.886 bits per heavy atom. The van der Waals surface area contributed by atoms with Gasteiger partial charge in [-0.25, -0.2) is 0 Å². The van der Waals surface area contributed by atoms with Crippen LogP contribution in [0.25, 0.3) is 0 Å². The molecule has 0 spiro atoms. The maximum Gasteiger partial charge on any atom is 0.417 e. The molecule has 35 heavy (non-hydrogen) atoms. The fourth-order valence-corrected chi connectivity index (χ4v) is 3.92. The molecule has 1 aliphatic rings. The fraction of sp³-hybridized carbons (Fsp3) is 0.231. The van der Waals surface area contributed by atoms with Crippen LogP contribution in [0.5, 0.6) is 0 Å². The van der Waals surface area contributed by atoms with E-state index in [1.165, 1.54) is 24.3 Å². The van der Waals surface area contributed by atoms with Crippen molar-refractivity contribution in [2.24, 2.45) is 0 Å². The van der Waals surface area contributed by atoms with Crippen LogP contribution in [0, 0.1) is 0 Å². The first-order valence-electron chi connectivity index (χ1n) is 11.1. The van der Waals surface area contributed by atoms with Gasteiger partial charge in [-0.3, -0.25) is 9.59 Å². The molecule has 6 nitrogen and oxygen atoms in total. The molecule has 1 fully saturated rings.